The van der Waals surface area contributed by atoms with Crippen LogP contribution in [0.25, 0.3) is 16.5 Å². The molecule has 1 aliphatic heterocycles. The van der Waals surface area contributed by atoms with Gasteiger partial charge in [-0.25, -0.2) is 4.79 Å². The fourth-order valence-electron chi connectivity index (χ4n) is 3.44. The van der Waals surface area contributed by atoms with E-state index in [0.717, 1.165) is 34.2 Å². The molecule has 4 rings (SSSR count). The van der Waals surface area contributed by atoms with Gasteiger partial charge in [-0.2, -0.15) is 0 Å². The Balaban J connectivity index is 1.50. The maximum absolute atomic E-state index is 12.5. The number of H-pyrrole nitrogens is 1. The molecule has 4 N–H and O–H groups in total. The van der Waals surface area contributed by atoms with Crippen LogP contribution in [-0.4, -0.2) is 39.2 Å². The van der Waals surface area contributed by atoms with E-state index in [1.54, 1.807) is 17.3 Å². The molecule has 1 aromatic carbocycles. The molecule has 0 fully saturated rings. The first-order valence-corrected chi connectivity index (χ1v) is 9.18. The number of amides is 1. The van der Waals surface area contributed by atoms with E-state index in [1.165, 1.54) is 0 Å². The summed E-state index contributed by atoms with van der Waals surface area (Å²) >= 11 is 0. The van der Waals surface area contributed by atoms with Crippen LogP contribution in [0.5, 0.6) is 0 Å². The van der Waals surface area contributed by atoms with Gasteiger partial charge < -0.3 is 25.5 Å². The number of hydrogen-bond acceptors (Lipinski definition) is 5. The molecular weight excluding hydrogens is 356 g/mol. The van der Waals surface area contributed by atoms with Gasteiger partial charge in [-0.05, 0) is 23.6 Å². The molecular formula is C21H22N4O3. The summed E-state index contributed by atoms with van der Waals surface area (Å²) in [7, 11) is 0. The number of pyridine rings is 1. The molecule has 0 radical (unpaired) electrons. The average Bonchev–Trinajstić information content (AvgIpc) is 3.22. The van der Waals surface area contributed by atoms with E-state index in [4.69, 9.17) is 10.5 Å². The van der Waals surface area contributed by atoms with E-state index in [0.29, 0.717) is 18.7 Å². The molecule has 0 saturated heterocycles. The number of ether oxygens (including phenoxy) is 1. The molecule has 144 valence electrons. The zero-order valence-corrected chi connectivity index (χ0v) is 15.3. The Hall–Kier alpha value is -3.16. The summed E-state index contributed by atoms with van der Waals surface area (Å²) in [6, 6.07) is 11.5. The lowest BCUT2D eigenvalue weighted by Gasteiger charge is -2.27. The van der Waals surface area contributed by atoms with Gasteiger partial charge in [-0.3, -0.25) is 4.98 Å². The Morgan fingerprint density at radius 3 is 2.93 bits per heavy atom. The average molecular weight is 378 g/mol. The molecule has 0 aliphatic carbocycles. The van der Waals surface area contributed by atoms with Crippen LogP contribution in [0.1, 0.15) is 29.5 Å². The number of aromatic nitrogens is 2. The van der Waals surface area contributed by atoms with Gasteiger partial charge in [0.2, 0.25) is 0 Å². The Morgan fingerprint density at radius 2 is 2.14 bits per heavy atom. The first kappa shape index (κ1) is 18.2. The second kappa shape index (κ2) is 7.84. The van der Waals surface area contributed by atoms with Crippen LogP contribution in [0.4, 0.5) is 4.79 Å². The zero-order chi connectivity index (χ0) is 19.5. The fourth-order valence-corrected chi connectivity index (χ4v) is 3.44. The number of nitrogens with zero attached hydrogens (tertiary/aromatic N) is 2. The van der Waals surface area contributed by atoms with Crippen LogP contribution in [0.3, 0.4) is 0 Å². The van der Waals surface area contributed by atoms with E-state index in [-0.39, 0.29) is 12.7 Å². The number of hydrogen-bond donors (Lipinski definition) is 3. The number of carbonyl (C=O) groups excluding carboxylic acids is 1. The number of aliphatic hydroxyl groups is 1. The predicted octanol–water partition coefficient (Wildman–Crippen LogP) is 2.94. The highest BCUT2D eigenvalue weighted by molar-refractivity contribution is 5.93. The summed E-state index contributed by atoms with van der Waals surface area (Å²) in [6.07, 6.45) is 4.74. The monoisotopic (exact) mass is 378 g/mol. The third-order valence-electron chi connectivity index (χ3n) is 4.86. The number of aliphatic hydroxyl groups excluding tert-OH is 1. The number of fused-ring (bicyclic) bond motifs is 1. The molecule has 28 heavy (non-hydrogen) atoms. The number of nitrogens with two attached hydrogens (primary N) is 1. The predicted molar refractivity (Wildman–Crippen MR) is 106 cm³/mol. The molecule has 1 unspecified atom stereocenters. The Kier molecular flexibility index (Phi) is 5.10. The van der Waals surface area contributed by atoms with Gasteiger partial charge in [0.1, 0.15) is 12.8 Å². The lowest BCUT2D eigenvalue weighted by atomic mass is 10.0. The molecule has 3 aromatic rings. The van der Waals surface area contributed by atoms with Crippen molar-refractivity contribution in [3.63, 3.8) is 0 Å². The highest BCUT2D eigenvalue weighted by Crippen LogP contribution is 2.29. The molecule has 7 nitrogen and oxygen atoms in total. The van der Waals surface area contributed by atoms with Gasteiger partial charge in [-0.1, -0.05) is 36.4 Å². The summed E-state index contributed by atoms with van der Waals surface area (Å²) in [6.45, 7) is 1.27. The van der Waals surface area contributed by atoms with Crippen LogP contribution >= 0.6 is 0 Å². The minimum absolute atomic E-state index is 0.249. The number of benzene rings is 1. The Labute approximate surface area is 162 Å². The van der Waals surface area contributed by atoms with Gasteiger partial charge in [0.05, 0.1) is 17.8 Å². The van der Waals surface area contributed by atoms with Crippen molar-refractivity contribution in [3.05, 3.63) is 71.7 Å². The lowest BCUT2D eigenvalue weighted by Crippen LogP contribution is -2.36. The van der Waals surface area contributed by atoms with Crippen LogP contribution in [0.15, 0.2) is 54.9 Å². The maximum Gasteiger partial charge on any atom is 0.410 e. The van der Waals surface area contributed by atoms with Crippen molar-refractivity contribution in [1.82, 2.24) is 14.9 Å². The van der Waals surface area contributed by atoms with Gasteiger partial charge >= 0.3 is 6.09 Å². The number of aromatic amines is 1. The molecule has 1 aliphatic rings. The summed E-state index contributed by atoms with van der Waals surface area (Å²) in [4.78, 5) is 21.8. The number of carbonyl (C=O) groups is 1. The van der Waals surface area contributed by atoms with E-state index in [9.17, 15) is 9.90 Å². The highest BCUT2D eigenvalue weighted by atomic mass is 16.6. The molecule has 0 spiro atoms. The van der Waals surface area contributed by atoms with E-state index >= 15 is 0 Å². The van der Waals surface area contributed by atoms with Crippen LogP contribution in [-0.2, 0) is 11.3 Å². The number of nitrogens with one attached hydrogen (secondary N) is 1. The van der Waals surface area contributed by atoms with Crippen molar-refractivity contribution in [2.24, 2.45) is 5.73 Å². The molecule has 0 bridgehead atoms. The highest BCUT2D eigenvalue weighted by Gasteiger charge is 2.23. The molecule has 3 heterocycles. The maximum atomic E-state index is 12.5. The first-order valence-electron chi connectivity index (χ1n) is 9.18. The van der Waals surface area contributed by atoms with Crippen molar-refractivity contribution < 1.29 is 14.6 Å². The summed E-state index contributed by atoms with van der Waals surface area (Å²) in [5.41, 5.74) is 9.60. The molecule has 1 amide bonds. The molecule has 1 atom stereocenters. The summed E-state index contributed by atoms with van der Waals surface area (Å²) in [5.74, 6) is 0. The topological polar surface area (TPSA) is 104 Å². The second-order valence-corrected chi connectivity index (χ2v) is 6.75. The standard InChI is InChI=1S/C21H22N4O3/c22-20(26)17-11-24-18(16-8-9-23-19(16)17)15-7-4-10-25(12-15)21(27)28-13-14-5-2-1-3-6-14/h1-3,5-9,11,20,23,26H,4,10,12-13,22H2. The Bertz CT molecular complexity index is 1010. The van der Waals surface area contributed by atoms with Gasteiger partial charge in [0.25, 0.3) is 0 Å². The zero-order valence-electron chi connectivity index (χ0n) is 15.3. The second-order valence-electron chi connectivity index (χ2n) is 6.75. The van der Waals surface area contributed by atoms with Crippen molar-refractivity contribution in [3.8, 4) is 0 Å². The van der Waals surface area contributed by atoms with Crippen molar-refractivity contribution >= 4 is 22.6 Å². The van der Waals surface area contributed by atoms with E-state index in [1.807, 2.05) is 36.4 Å². The molecule has 2 aromatic heterocycles. The number of rotatable bonds is 4. The largest absolute Gasteiger partial charge is 0.445 e. The van der Waals surface area contributed by atoms with Crippen LogP contribution in [0, 0.1) is 0 Å². The minimum atomic E-state index is -1.10. The third kappa shape index (κ3) is 3.62. The third-order valence-corrected chi connectivity index (χ3v) is 4.86. The van der Waals surface area contributed by atoms with Crippen molar-refractivity contribution in [2.75, 3.05) is 13.1 Å². The SMILES string of the molecule is NC(O)c1cnc(C2=CCCN(C(=O)OCc3ccccc3)C2)c2cc[nH]c12. The summed E-state index contributed by atoms with van der Waals surface area (Å²) < 4.78 is 5.46. The van der Waals surface area contributed by atoms with Gasteiger partial charge in [-0.15, -0.1) is 0 Å². The lowest BCUT2D eigenvalue weighted by molar-refractivity contribution is 0.100. The normalized spacial score (nSPS) is 15.4. The smallest absolute Gasteiger partial charge is 0.410 e. The quantitative estimate of drug-likeness (QED) is 0.606. The van der Waals surface area contributed by atoms with Gasteiger partial charge in [0, 0.05) is 29.9 Å². The van der Waals surface area contributed by atoms with Crippen molar-refractivity contribution in [1.29, 1.82) is 0 Å². The molecule has 0 saturated carbocycles. The summed E-state index contributed by atoms with van der Waals surface area (Å²) in [5, 5.41) is 10.6. The van der Waals surface area contributed by atoms with Crippen LogP contribution in [0.2, 0.25) is 0 Å². The van der Waals surface area contributed by atoms with E-state index in [2.05, 4.69) is 16.0 Å². The Morgan fingerprint density at radius 1 is 1.32 bits per heavy atom. The molecule has 7 heteroatoms. The van der Waals surface area contributed by atoms with E-state index < -0.39 is 6.23 Å². The first-order chi connectivity index (χ1) is 13.6. The van der Waals surface area contributed by atoms with Gasteiger partial charge in [0.15, 0.2) is 0 Å². The fraction of sp³-hybridized carbons (Fsp3) is 0.238. The van der Waals surface area contributed by atoms with Crippen LogP contribution < -0.4 is 5.73 Å². The van der Waals surface area contributed by atoms with Crippen molar-refractivity contribution in [2.45, 2.75) is 19.3 Å². The minimum Gasteiger partial charge on any atom is -0.445 e.